The maximum absolute atomic E-state index is 11.5. The first-order valence-corrected chi connectivity index (χ1v) is 5.59. The van der Waals surface area contributed by atoms with Crippen LogP contribution in [0.5, 0.6) is 0 Å². The fourth-order valence-electron chi connectivity index (χ4n) is 0.694. The van der Waals surface area contributed by atoms with E-state index in [4.69, 9.17) is 5.73 Å². The second-order valence-electron chi connectivity index (χ2n) is 3.14. The third kappa shape index (κ3) is 3.41. The summed E-state index contributed by atoms with van der Waals surface area (Å²) < 4.78 is 9.37. The van der Waals surface area contributed by atoms with Crippen LogP contribution in [0.3, 0.4) is 0 Å². The smallest absolute Gasteiger partial charge is 0.330 e. The van der Waals surface area contributed by atoms with Crippen LogP contribution < -0.4 is 5.73 Å². The molecule has 0 amide bonds. The zero-order chi connectivity index (χ0) is 11.2. The lowest BCUT2D eigenvalue weighted by Gasteiger charge is -2.28. The molecule has 0 spiro atoms. The van der Waals surface area contributed by atoms with Crippen molar-refractivity contribution >= 4 is 35.0 Å². The molecule has 82 valence electrons. The largest absolute Gasteiger partial charge is 0.430 e. The Morgan fingerprint density at radius 2 is 2.21 bits per heavy atom. The quantitative estimate of drug-likeness (QED) is 0.192. The Kier molecular flexibility index (Phi) is 6.01. The lowest BCUT2D eigenvalue weighted by molar-refractivity contribution is -0.165. The molecule has 2 N–H and O–H groups in total. The van der Waals surface area contributed by atoms with Crippen LogP contribution in [0.25, 0.3) is 0 Å². The number of carbonyl (C=O) groups is 2. The Morgan fingerprint density at radius 3 is 2.57 bits per heavy atom. The molecule has 5 nitrogen and oxygen atoms in total. The zero-order valence-electron chi connectivity index (χ0n) is 8.16. The van der Waals surface area contributed by atoms with E-state index < -0.39 is 11.5 Å². The SMILES string of the molecule is CC(C)C(N)(CI)C(=O)OCOC=O. The molecule has 0 saturated heterocycles. The summed E-state index contributed by atoms with van der Waals surface area (Å²) in [4.78, 5) is 21.3. The van der Waals surface area contributed by atoms with Crippen molar-refractivity contribution in [3.63, 3.8) is 0 Å². The summed E-state index contributed by atoms with van der Waals surface area (Å²) in [5.41, 5.74) is 4.82. The van der Waals surface area contributed by atoms with E-state index in [1.165, 1.54) is 0 Å². The van der Waals surface area contributed by atoms with E-state index in [0.717, 1.165) is 0 Å². The normalized spacial score (nSPS) is 14.6. The average Bonchev–Trinajstić information content (AvgIpc) is 2.16. The van der Waals surface area contributed by atoms with Crippen LogP contribution in [0.2, 0.25) is 0 Å². The molecule has 14 heavy (non-hydrogen) atoms. The molecule has 1 unspecified atom stereocenters. The van der Waals surface area contributed by atoms with Crippen LogP contribution >= 0.6 is 22.6 Å². The summed E-state index contributed by atoms with van der Waals surface area (Å²) in [7, 11) is 0. The standard InChI is InChI=1S/C8H14INO4/c1-6(2)8(10,3-9)7(12)14-5-13-4-11/h4,6H,3,5,10H2,1-2H3. The molecule has 1 atom stereocenters. The molecule has 6 heteroatoms. The Morgan fingerprint density at radius 1 is 1.64 bits per heavy atom. The van der Waals surface area contributed by atoms with Crippen molar-refractivity contribution in [2.24, 2.45) is 11.7 Å². The van der Waals surface area contributed by atoms with Gasteiger partial charge in [-0.1, -0.05) is 36.4 Å². The molecule has 0 saturated carbocycles. The van der Waals surface area contributed by atoms with E-state index in [-0.39, 0.29) is 19.2 Å². The van der Waals surface area contributed by atoms with Gasteiger partial charge in [-0.05, 0) is 5.92 Å². The Hall–Kier alpha value is -0.370. The lowest BCUT2D eigenvalue weighted by atomic mass is 9.90. The average molecular weight is 315 g/mol. The molecule has 0 rings (SSSR count). The molecule has 0 aliphatic carbocycles. The number of ether oxygens (including phenoxy) is 2. The van der Waals surface area contributed by atoms with Crippen LogP contribution in [0.4, 0.5) is 0 Å². The van der Waals surface area contributed by atoms with E-state index in [2.05, 4.69) is 9.47 Å². The van der Waals surface area contributed by atoms with Gasteiger partial charge in [0.05, 0.1) is 0 Å². The van der Waals surface area contributed by atoms with E-state index in [0.29, 0.717) is 4.43 Å². The Bertz CT molecular complexity index is 210. The summed E-state index contributed by atoms with van der Waals surface area (Å²) in [6.45, 7) is 3.50. The summed E-state index contributed by atoms with van der Waals surface area (Å²) in [5.74, 6) is -0.591. The highest BCUT2D eigenvalue weighted by molar-refractivity contribution is 14.1. The van der Waals surface area contributed by atoms with Gasteiger partial charge in [-0.3, -0.25) is 4.79 Å². The second kappa shape index (κ2) is 6.18. The number of alkyl halides is 1. The van der Waals surface area contributed by atoms with E-state index >= 15 is 0 Å². The summed E-state index contributed by atoms with van der Waals surface area (Å²) >= 11 is 2.02. The van der Waals surface area contributed by atoms with Crippen LogP contribution in [-0.4, -0.2) is 29.2 Å². The summed E-state index contributed by atoms with van der Waals surface area (Å²) in [6, 6.07) is 0. The van der Waals surface area contributed by atoms with Gasteiger partial charge in [0, 0.05) is 4.43 Å². The van der Waals surface area contributed by atoms with Crippen molar-refractivity contribution < 1.29 is 19.1 Å². The number of hydrogen-bond donors (Lipinski definition) is 1. The molecule has 0 radical (unpaired) electrons. The minimum absolute atomic E-state index is 0.0388. The maximum atomic E-state index is 11.5. The van der Waals surface area contributed by atoms with Gasteiger partial charge in [0.25, 0.3) is 6.47 Å². The monoisotopic (exact) mass is 315 g/mol. The molecule has 0 fully saturated rings. The number of carbonyl (C=O) groups excluding carboxylic acids is 2. The van der Waals surface area contributed by atoms with Gasteiger partial charge in [0.2, 0.25) is 6.79 Å². The van der Waals surface area contributed by atoms with Crippen LogP contribution in [0, 0.1) is 5.92 Å². The Labute approximate surface area is 96.4 Å². The van der Waals surface area contributed by atoms with E-state index in [1.807, 2.05) is 36.4 Å². The van der Waals surface area contributed by atoms with Gasteiger partial charge >= 0.3 is 5.97 Å². The lowest BCUT2D eigenvalue weighted by Crippen LogP contribution is -2.55. The fourth-order valence-corrected chi connectivity index (χ4v) is 1.89. The molecule has 0 aromatic carbocycles. The minimum Gasteiger partial charge on any atom is -0.430 e. The van der Waals surface area contributed by atoms with Crippen molar-refractivity contribution in [2.75, 3.05) is 11.2 Å². The van der Waals surface area contributed by atoms with Gasteiger partial charge in [-0.25, -0.2) is 4.79 Å². The number of esters is 1. The third-order valence-corrected chi connectivity index (χ3v) is 3.22. The summed E-state index contributed by atoms with van der Waals surface area (Å²) in [5, 5.41) is 0. The van der Waals surface area contributed by atoms with Gasteiger partial charge < -0.3 is 15.2 Å². The first kappa shape index (κ1) is 13.6. The van der Waals surface area contributed by atoms with Crippen molar-refractivity contribution in [3.8, 4) is 0 Å². The minimum atomic E-state index is -1.02. The maximum Gasteiger partial charge on any atom is 0.330 e. The molecular formula is C8H14INO4. The molecule has 0 aliphatic rings. The molecule has 0 heterocycles. The number of nitrogens with two attached hydrogens (primary N) is 1. The highest BCUT2D eigenvalue weighted by Crippen LogP contribution is 2.18. The zero-order valence-corrected chi connectivity index (χ0v) is 10.3. The highest BCUT2D eigenvalue weighted by atomic mass is 127. The van der Waals surface area contributed by atoms with Crippen molar-refractivity contribution in [3.05, 3.63) is 0 Å². The molecule has 0 aromatic rings. The fraction of sp³-hybridized carbons (Fsp3) is 0.750. The van der Waals surface area contributed by atoms with Crippen LogP contribution in [-0.2, 0) is 19.1 Å². The first-order chi connectivity index (χ1) is 6.49. The van der Waals surface area contributed by atoms with Gasteiger partial charge in [-0.15, -0.1) is 0 Å². The first-order valence-electron chi connectivity index (χ1n) is 4.06. The van der Waals surface area contributed by atoms with Crippen LogP contribution in [0.15, 0.2) is 0 Å². The predicted molar refractivity (Wildman–Crippen MR) is 58.8 cm³/mol. The molecule has 0 aromatic heterocycles. The van der Waals surface area contributed by atoms with Crippen molar-refractivity contribution in [1.29, 1.82) is 0 Å². The third-order valence-electron chi connectivity index (χ3n) is 1.96. The Balaban J connectivity index is 4.24. The number of rotatable bonds is 6. The van der Waals surface area contributed by atoms with Gasteiger partial charge in [0.1, 0.15) is 5.54 Å². The molecule has 0 aliphatic heterocycles. The number of hydrogen-bond acceptors (Lipinski definition) is 5. The molecule has 0 bridgehead atoms. The predicted octanol–water partition coefficient (Wildman–Crippen LogP) is 0.449. The topological polar surface area (TPSA) is 78.6 Å². The molecular weight excluding hydrogens is 301 g/mol. The van der Waals surface area contributed by atoms with Crippen LogP contribution in [0.1, 0.15) is 13.8 Å². The second-order valence-corrected chi connectivity index (χ2v) is 3.90. The summed E-state index contributed by atoms with van der Waals surface area (Å²) in [6.07, 6.45) is 0. The van der Waals surface area contributed by atoms with Gasteiger partial charge in [0.15, 0.2) is 0 Å². The van der Waals surface area contributed by atoms with Gasteiger partial charge in [-0.2, -0.15) is 0 Å². The highest BCUT2D eigenvalue weighted by Gasteiger charge is 2.38. The number of halogens is 1. The van der Waals surface area contributed by atoms with E-state index in [9.17, 15) is 9.59 Å². The van der Waals surface area contributed by atoms with Crippen molar-refractivity contribution in [2.45, 2.75) is 19.4 Å². The van der Waals surface area contributed by atoms with E-state index in [1.54, 1.807) is 0 Å². The van der Waals surface area contributed by atoms with Crippen molar-refractivity contribution in [1.82, 2.24) is 0 Å².